The van der Waals surface area contributed by atoms with Crippen LogP contribution in [-0.4, -0.2) is 23.0 Å². The second kappa shape index (κ2) is 7.75. The van der Waals surface area contributed by atoms with E-state index in [4.69, 9.17) is 0 Å². The summed E-state index contributed by atoms with van der Waals surface area (Å²) < 4.78 is 17.4. The molecule has 1 atom stereocenters. The van der Waals surface area contributed by atoms with Crippen LogP contribution in [0.1, 0.15) is 28.7 Å². The van der Waals surface area contributed by atoms with Crippen LogP contribution in [-0.2, 0) is 46.0 Å². The van der Waals surface area contributed by atoms with Gasteiger partial charge in [-0.05, 0) is 54.0 Å². The number of benzene rings is 2. The number of esters is 1. The summed E-state index contributed by atoms with van der Waals surface area (Å²) in [5.41, 5.74) is 4.95. The molecule has 2 aromatic carbocycles. The van der Waals surface area contributed by atoms with Crippen LogP contribution >= 0.6 is 0 Å². The molecule has 0 saturated carbocycles. The molecule has 0 spiro atoms. The minimum atomic E-state index is -1.17. The fourth-order valence-corrected chi connectivity index (χ4v) is 4.32. The highest BCUT2D eigenvalue weighted by molar-refractivity contribution is 7.85. The van der Waals surface area contributed by atoms with Crippen LogP contribution < -0.4 is 0 Å². The number of methoxy groups -OCH3 is 1. The first-order chi connectivity index (χ1) is 11.7. The van der Waals surface area contributed by atoms with Gasteiger partial charge in [-0.15, -0.1) is 0 Å². The molecule has 4 aliphatic rings. The van der Waals surface area contributed by atoms with Gasteiger partial charge in [-0.3, -0.25) is 9.00 Å². The van der Waals surface area contributed by atoms with Crippen molar-refractivity contribution in [3.05, 3.63) is 64.7 Å². The molecule has 126 valence electrons. The molecule has 3 nitrogen and oxygen atoms in total. The predicted octanol–water partition coefficient (Wildman–Crippen LogP) is 3.24. The standard InChI is InChI=1S/C20H22O3S/c1-23-20(21)12-13-24(22)19-14-17-7-6-15-2-4-16(5-3-15)8-10-18(19)11-9-17/h2-5,9,11,14H,6-8,10,12-13H2,1H3. The van der Waals surface area contributed by atoms with Crippen molar-refractivity contribution in [3.63, 3.8) is 0 Å². The number of carbonyl (C=O) groups excluding carboxylic acids is 1. The maximum Gasteiger partial charge on any atom is 0.306 e. The van der Waals surface area contributed by atoms with Gasteiger partial charge in [0.25, 0.3) is 0 Å². The van der Waals surface area contributed by atoms with E-state index in [-0.39, 0.29) is 12.4 Å². The Morgan fingerprint density at radius 3 is 2.21 bits per heavy atom. The second-order valence-electron chi connectivity index (χ2n) is 6.13. The number of rotatable bonds is 4. The van der Waals surface area contributed by atoms with Gasteiger partial charge in [-0.25, -0.2) is 0 Å². The summed E-state index contributed by atoms with van der Waals surface area (Å²) in [6.07, 6.45) is 3.89. The van der Waals surface area contributed by atoms with Crippen molar-refractivity contribution in [2.75, 3.05) is 12.9 Å². The Kier molecular flexibility index (Phi) is 5.46. The molecular weight excluding hydrogens is 320 g/mol. The highest BCUT2D eigenvalue weighted by Gasteiger charge is 2.14. The Hall–Kier alpha value is -1.94. The predicted molar refractivity (Wildman–Crippen MR) is 95.6 cm³/mol. The molecule has 4 bridgehead atoms. The van der Waals surface area contributed by atoms with E-state index >= 15 is 0 Å². The maximum atomic E-state index is 12.7. The molecule has 0 radical (unpaired) electrons. The van der Waals surface area contributed by atoms with Crippen LogP contribution in [0.3, 0.4) is 0 Å². The van der Waals surface area contributed by atoms with Crippen molar-refractivity contribution < 1.29 is 13.7 Å². The lowest BCUT2D eigenvalue weighted by Crippen LogP contribution is -2.10. The molecule has 0 aliphatic heterocycles. The molecule has 0 fully saturated rings. The summed E-state index contributed by atoms with van der Waals surface area (Å²) in [5.74, 6) is 0.00616. The van der Waals surface area contributed by atoms with Crippen LogP contribution in [0, 0.1) is 0 Å². The zero-order valence-corrected chi connectivity index (χ0v) is 14.7. The van der Waals surface area contributed by atoms with Gasteiger partial charge in [0.2, 0.25) is 0 Å². The van der Waals surface area contributed by atoms with E-state index < -0.39 is 10.8 Å². The third-order valence-electron chi connectivity index (χ3n) is 4.50. The van der Waals surface area contributed by atoms with Crippen LogP contribution in [0.5, 0.6) is 0 Å². The molecule has 6 rings (SSSR count). The average molecular weight is 342 g/mol. The number of carbonyl (C=O) groups is 1. The number of aryl methyl sites for hydroxylation is 4. The van der Waals surface area contributed by atoms with Gasteiger partial charge in [0.15, 0.2) is 0 Å². The zero-order chi connectivity index (χ0) is 16.9. The molecule has 0 amide bonds. The lowest BCUT2D eigenvalue weighted by atomic mass is 9.97. The van der Waals surface area contributed by atoms with E-state index in [2.05, 4.69) is 47.2 Å². The monoisotopic (exact) mass is 342 g/mol. The molecule has 2 aromatic rings. The van der Waals surface area contributed by atoms with E-state index in [9.17, 15) is 9.00 Å². The third kappa shape index (κ3) is 4.12. The molecule has 0 saturated heterocycles. The Balaban J connectivity index is 1.85. The molecule has 1 unspecified atom stereocenters. The van der Waals surface area contributed by atoms with Gasteiger partial charge in [0, 0.05) is 10.6 Å². The molecule has 0 aromatic heterocycles. The first-order valence-electron chi connectivity index (χ1n) is 8.30. The van der Waals surface area contributed by atoms with Gasteiger partial charge in [-0.1, -0.05) is 36.4 Å². The smallest absolute Gasteiger partial charge is 0.306 e. The van der Waals surface area contributed by atoms with E-state index in [1.54, 1.807) is 0 Å². The molecule has 24 heavy (non-hydrogen) atoms. The topological polar surface area (TPSA) is 43.4 Å². The Morgan fingerprint density at radius 2 is 1.54 bits per heavy atom. The van der Waals surface area contributed by atoms with Crippen LogP contribution in [0.25, 0.3) is 0 Å². The van der Waals surface area contributed by atoms with Gasteiger partial charge >= 0.3 is 5.97 Å². The fourth-order valence-electron chi connectivity index (χ4n) is 3.00. The van der Waals surface area contributed by atoms with Gasteiger partial charge in [0.1, 0.15) is 0 Å². The van der Waals surface area contributed by atoms with Crippen molar-refractivity contribution in [1.82, 2.24) is 0 Å². The van der Waals surface area contributed by atoms with E-state index in [0.717, 1.165) is 36.1 Å². The van der Waals surface area contributed by atoms with Gasteiger partial charge in [-0.2, -0.15) is 0 Å². The van der Waals surface area contributed by atoms with E-state index in [1.807, 2.05) is 0 Å². The summed E-state index contributed by atoms with van der Waals surface area (Å²) in [6, 6.07) is 15.1. The van der Waals surface area contributed by atoms with E-state index in [1.165, 1.54) is 23.8 Å². The van der Waals surface area contributed by atoms with Crippen LogP contribution in [0.2, 0.25) is 0 Å². The first kappa shape index (κ1) is 16.9. The highest BCUT2D eigenvalue weighted by Crippen LogP contribution is 2.22. The quantitative estimate of drug-likeness (QED) is 0.801. The minimum Gasteiger partial charge on any atom is -0.469 e. The minimum absolute atomic E-state index is 0.188. The molecule has 0 N–H and O–H groups in total. The third-order valence-corrected chi connectivity index (χ3v) is 5.95. The molecule has 0 heterocycles. The number of ether oxygens (including phenoxy) is 1. The summed E-state index contributed by atoms with van der Waals surface area (Å²) in [5, 5.41) is 0. The Bertz CT molecular complexity index is 750. The van der Waals surface area contributed by atoms with E-state index in [0.29, 0.717) is 5.75 Å². The van der Waals surface area contributed by atoms with Crippen molar-refractivity contribution in [2.45, 2.75) is 37.0 Å². The summed E-state index contributed by atoms with van der Waals surface area (Å²) in [7, 11) is 0.189. The normalized spacial score (nSPS) is 14.7. The van der Waals surface area contributed by atoms with Gasteiger partial charge in [0.05, 0.1) is 24.3 Å². The summed E-state index contributed by atoms with van der Waals surface area (Å²) in [6.45, 7) is 0. The van der Waals surface area contributed by atoms with Crippen molar-refractivity contribution in [2.24, 2.45) is 0 Å². The highest BCUT2D eigenvalue weighted by atomic mass is 32.2. The summed E-state index contributed by atoms with van der Waals surface area (Å²) in [4.78, 5) is 12.2. The summed E-state index contributed by atoms with van der Waals surface area (Å²) >= 11 is 0. The second-order valence-corrected chi connectivity index (χ2v) is 7.67. The van der Waals surface area contributed by atoms with Gasteiger partial charge < -0.3 is 4.74 Å². The van der Waals surface area contributed by atoms with Crippen molar-refractivity contribution >= 4 is 16.8 Å². The SMILES string of the molecule is COC(=O)CCS(=O)c1cc2ccc1CCc1ccc(cc1)CC2. The average Bonchev–Trinajstić information content (AvgIpc) is 2.61. The van der Waals surface area contributed by atoms with Crippen molar-refractivity contribution in [1.29, 1.82) is 0 Å². The van der Waals surface area contributed by atoms with Crippen molar-refractivity contribution in [3.8, 4) is 0 Å². The number of hydrogen-bond acceptors (Lipinski definition) is 3. The Labute approximate surface area is 145 Å². The maximum absolute atomic E-state index is 12.7. The number of hydrogen-bond donors (Lipinski definition) is 0. The lowest BCUT2D eigenvalue weighted by molar-refractivity contribution is -0.140. The zero-order valence-electron chi connectivity index (χ0n) is 13.9. The van der Waals surface area contributed by atoms with Crippen LogP contribution in [0.15, 0.2) is 47.4 Å². The van der Waals surface area contributed by atoms with Crippen LogP contribution in [0.4, 0.5) is 0 Å². The first-order valence-corrected chi connectivity index (χ1v) is 9.62. The lowest BCUT2D eigenvalue weighted by Gasteiger charge is -2.14. The fraction of sp³-hybridized carbons (Fsp3) is 0.350. The molecule has 4 heteroatoms. The Morgan fingerprint density at radius 1 is 0.958 bits per heavy atom. The molecule has 4 aliphatic carbocycles. The largest absolute Gasteiger partial charge is 0.469 e. The molecular formula is C20H22O3S.